The van der Waals surface area contributed by atoms with Crippen LogP contribution in [0.15, 0.2) is 0 Å². The number of nitrogens with two attached hydrogens (primary N) is 1. The predicted octanol–water partition coefficient (Wildman–Crippen LogP) is -1.65. The van der Waals surface area contributed by atoms with Crippen molar-refractivity contribution in [1.82, 2.24) is 10.2 Å². The van der Waals surface area contributed by atoms with Gasteiger partial charge in [-0.2, -0.15) is 0 Å². The predicted molar refractivity (Wildman–Crippen MR) is 63.2 cm³/mol. The smallest absolute Gasteiger partial charge is 0.243 e. The van der Waals surface area contributed by atoms with Crippen LogP contribution < -0.4 is 11.1 Å². The largest absolute Gasteiger partial charge is 0.391 e. The lowest BCUT2D eigenvalue weighted by molar-refractivity contribution is -0.138. The summed E-state index contributed by atoms with van der Waals surface area (Å²) in [4.78, 5) is 35.6. The van der Waals surface area contributed by atoms with Crippen LogP contribution in [0.5, 0.6) is 0 Å². The van der Waals surface area contributed by atoms with Crippen molar-refractivity contribution in [3.05, 3.63) is 0 Å². The molecule has 3 atom stereocenters. The third kappa shape index (κ3) is 3.19. The number of nitrogens with one attached hydrogen (secondary N) is 1. The van der Waals surface area contributed by atoms with Gasteiger partial charge in [-0.3, -0.25) is 14.4 Å². The summed E-state index contributed by atoms with van der Waals surface area (Å²) in [6.07, 6.45) is -0.143. The van der Waals surface area contributed by atoms with Gasteiger partial charge < -0.3 is 21.1 Å². The highest BCUT2D eigenvalue weighted by Crippen LogP contribution is 2.18. The topological polar surface area (TPSA) is 113 Å². The highest BCUT2D eigenvalue weighted by atomic mass is 16.3. The minimum Gasteiger partial charge on any atom is -0.391 e. The van der Waals surface area contributed by atoms with E-state index in [9.17, 15) is 19.5 Å². The number of primary amides is 1. The number of aliphatic hydroxyl groups excluding tert-OH is 1. The Balaban J connectivity index is 2.70. The van der Waals surface area contributed by atoms with Crippen LogP contribution in [0.3, 0.4) is 0 Å². The molecule has 7 nitrogen and oxygen atoms in total. The zero-order valence-corrected chi connectivity index (χ0v) is 10.5. The summed E-state index contributed by atoms with van der Waals surface area (Å²) in [6.45, 7) is 3.20. The summed E-state index contributed by atoms with van der Waals surface area (Å²) in [5, 5.41) is 12.0. The van der Waals surface area contributed by atoms with Gasteiger partial charge >= 0.3 is 0 Å². The summed E-state index contributed by atoms with van der Waals surface area (Å²) in [6, 6.07) is -1.48. The van der Waals surface area contributed by atoms with E-state index in [1.807, 2.05) is 0 Å². The van der Waals surface area contributed by atoms with Gasteiger partial charge in [0.25, 0.3) is 0 Å². The lowest BCUT2D eigenvalue weighted by atomic mass is 10.1. The minimum atomic E-state index is -0.746. The standard InChI is InChI=1S/C11H19N3O4/c1-3-8(10(12)17)13-11(18)9-4-7(16)5-14(9)6(2)15/h7-9,16H,3-5H2,1-2H3,(H2,12,17)(H,13,18)/t7-,8+,9+/m1/s1. The third-order valence-electron chi connectivity index (χ3n) is 3.05. The molecule has 1 heterocycles. The molecule has 102 valence electrons. The molecule has 0 bridgehead atoms. The highest BCUT2D eigenvalue weighted by Gasteiger charge is 2.38. The number of hydrogen-bond acceptors (Lipinski definition) is 4. The van der Waals surface area contributed by atoms with Gasteiger partial charge in [-0.15, -0.1) is 0 Å². The van der Waals surface area contributed by atoms with Gasteiger partial charge in [0.2, 0.25) is 17.7 Å². The Bertz CT molecular complexity index is 358. The summed E-state index contributed by atoms with van der Waals surface area (Å²) < 4.78 is 0. The maximum absolute atomic E-state index is 12.0. The molecular weight excluding hydrogens is 238 g/mol. The van der Waals surface area contributed by atoms with Crippen molar-refractivity contribution in [2.24, 2.45) is 5.73 Å². The van der Waals surface area contributed by atoms with Crippen LogP contribution in [0, 0.1) is 0 Å². The molecule has 0 spiro atoms. The van der Waals surface area contributed by atoms with Crippen LogP contribution in [0.4, 0.5) is 0 Å². The number of β-amino-alcohol motifs (C(OH)–C–C–N with tert-alkyl or cyclic N) is 1. The first-order valence-corrected chi connectivity index (χ1v) is 5.91. The summed E-state index contributed by atoms with van der Waals surface area (Å²) >= 11 is 0. The van der Waals surface area contributed by atoms with Crippen molar-refractivity contribution in [3.8, 4) is 0 Å². The molecule has 0 saturated carbocycles. The fourth-order valence-electron chi connectivity index (χ4n) is 2.05. The highest BCUT2D eigenvalue weighted by molar-refractivity contribution is 5.91. The molecule has 4 N–H and O–H groups in total. The first-order valence-electron chi connectivity index (χ1n) is 5.91. The van der Waals surface area contributed by atoms with Crippen molar-refractivity contribution in [3.63, 3.8) is 0 Å². The quantitative estimate of drug-likeness (QED) is 0.560. The van der Waals surface area contributed by atoms with E-state index in [0.29, 0.717) is 6.42 Å². The number of carbonyl (C=O) groups excluding carboxylic acids is 3. The molecule has 1 aliphatic heterocycles. The van der Waals surface area contributed by atoms with E-state index < -0.39 is 30.0 Å². The van der Waals surface area contributed by atoms with Crippen molar-refractivity contribution in [2.75, 3.05) is 6.54 Å². The van der Waals surface area contributed by atoms with Crippen LogP contribution >= 0.6 is 0 Å². The minimum absolute atomic E-state index is 0.140. The molecule has 0 radical (unpaired) electrons. The normalized spacial score (nSPS) is 24.7. The van der Waals surface area contributed by atoms with Gasteiger partial charge in [0.05, 0.1) is 6.10 Å². The second-order valence-electron chi connectivity index (χ2n) is 4.45. The van der Waals surface area contributed by atoms with Crippen molar-refractivity contribution in [2.45, 2.75) is 44.9 Å². The first kappa shape index (κ1) is 14.4. The zero-order chi connectivity index (χ0) is 13.9. The van der Waals surface area contributed by atoms with Crippen LogP contribution in [-0.4, -0.2) is 52.5 Å². The second kappa shape index (κ2) is 5.81. The molecular formula is C11H19N3O4. The van der Waals surface area contributed by atoms with Gasteiger partial charge in [-0.1, -0.05) is 6.92 Å². The molecule has 18 heavy (non-hydrogen) atoms. The molecule has 0 aromatic heterocycles. The molecule has 1 rings (SSSR count). The van der Waals surface area contributed by atoms with E-state index in [0.717, 1.165) is 0 Å². The van der Waals surface area contributed by atoms with Crippen LogP contribution in [0.25, 0.3) is 0 Å². The van der Waals surface area contributed by atoms with Gasteiger partial charge in [-0.05, 0) is 6.42 Å². The molecule has 1 aliphatic rings. The SMILES string of the molecule is CC[C@H](NC(=O)[C@@H]1C[C@@H](O)CN1C(C)=O)C(N)=O. The van der Waals surface area contributed by atoms with Crippen molar-refractivity contribution < 1.29 is 19.5 Å². The van der Waals surface area contributed by atoms with Crippen molar-refractivity contribution >= 4 is 17.7 Å². The lowest BCUT2D eigenvalue weighted by Crippen LogP contribution is -2.51. The maximum Gasteiger partial charge on any atom is 0.243 e. The van der Waals surface area contributed by atoms with E-state index in [1.165, 1.54) is 11.8 Å². The van der Waals surface area contributed by atoms with E-state index in [-0.39, 0.29) is 18.9 Å². The molecule has 1 fully saturated rings. The lowest BCUT2D eigenvalue weighted by Gasteiger charge is -2.23. The first-order chi connectivity index (χ1) is 8.36. The summed E-state index contributed by atoms with van der Waals surface area (Å²) in [5.41, 5.74) is 5.13. The second-order valence-corrected chi connectivity index (χ2v) is 4.45. The number of amides is 3. The molecule has 7 heteroatoms. The monoisotopic (exact) mass is 257 g/mol. The number of hydrogen-bond donors (Lipinski definition) is 3. The molecule has 3 amide bonds. The van der Waals surface area contributed by atoms with E-state index in [4.69, 9.17) is 5.73 Å². The number of nitrogens with zero attached hydrogens (tertiary/aromatic N) is 1. The molecule has 0 unspecified atom stereocenters. The van der Waals surface area contributed by atoms with Gasteiger partial charge in [0, 0.05) is 19.9 Å². The Morgan fingerprint density at radius 1 is 1.50 bits per heavy atom. The van der Waals surface area contributed by atoms with E-state index in [1.54, 1.807) is 6.92 Å². The average Bonchev–Trinajstić information content (AvgIpc) is 2.67. The zero-order valence-electron chi connectivity index (χ0n) is 10.5. The maximum atomic E-state index is 12.0. The van der Waals surface area contributed by atoms with Crippen LogP contribution in [0.2, 0.25) is 0 Å². The molecule has 0 aromatic rings. The van der Waals surface area contributed by atoms with Crippen LogP contribution in [0.1, 0.15) is 26.7 Å². The van der Waals surface area contributed by atoms with Gasteiger partial charge in [0.15, 0.2) is 0 Å². The van der Waals surface area contributed by atoms with Crippen LogP contribution in [-0.2, 0) is 14.4 Å². The molecule has 0 aromatic carbocycles. The van der Waals surface area contributed by atoms with E-state index in [2.05, 4.69) is 5.32 Å². The molecule has 1 saturated heterocycles. The number of carbonyl (C=O) groups is 3. The Labute approximate surface area is 105 Å². The summed E-state index contributed by atoms with van der Waals surface area (Å²) in [5.74, 6) is -1.34. The average molecular weight is 257 g/mol. The van der Waals surface area contributed by atoms with Gasteiger partial charge in [-0.25, -0.2) is 0 Å². The number of likely N-dealkylation sites (tertiary alicyclic amines) is 1. The number of rotatable bonds is 4. The Morgan fingerprint density at radius 2 is 2.11 bits per heavy atom. The molecule has 0 aliphatic carbocycles. The summed E-state index contributed by atoms with van der Waals surface area (Å²) in [7, 11) is 0. The Hall–Kier alpha value is -1.63. The van der Waals surface area contributed by atoms with Gasteiger partial charge in [0.1, 0.15) is 12.1 Å². The van der Waals surface area contributed by atoms with Crippen molar-refractivity contribution in [1.29, 1.82) is 0 Å². The van der Waals surface area contributed by atoms with E-state index >= 15 is 0 Å². The third-order valence-corrected chi connectivity index (χ3v) is 3.05. The Morgan fingerprint density at radius 3 is 2.56 bits per heavy atom. The number of aliphatic hydroxyl groups is 1. The fraction of sp³-hybridized carbons (Fsp3) is 0.727. The Kier molecular flexibility index (Phi) is 4.66. The fourth-order valence-corrected chi connectivity index (χ4v) is 2.05.